The smallest absolute Gasteiger partial charge is 0.309 e. The SMILES string of the molecule is N#CNC(=Nc1ccc2c(c1)CCCCC2)Oc1ccccc1. The third-order valence-electron chi connectivity index (χ3n) is 3.93. The topological polar surface area (TPSA) is 57.4 Å². The molecule has 0 bridgehead atoms. The van der Waals surface area contributed by atoms with Crippen LogP contribution in [-0.4, -0.2) is 6.02 Å². The Hall–Kier alpha value is -2.80. The highest BCUT2D eigenvalue weighted by molar-refractivity contribution is 5.80. The molecule has 1 aliphatic carbocycles. The Morgan fingerprint density at radius 1 is 1.00 bits per heavy atom. The molecule has 23 heavy (non-hydrogen) atoms. The van der Waals surface area contributed by atoms with Crippen LogP contribution in [0.25, 0.3) is 0 Å². The van der Waals surface area contributed by atoms with Gasteiger partial charge >= 0.3 is 6.02 Å². The van der Waals surface area contributed by atoms with Gasteiger partial charge in [0.05, 0.1) is 5.69 Å². The molecule has 0 spiro atoms. The Balaban J connectivity index is 1.84. The lowest BCUT2D eigenvalue weighted by Crippen LogP contribution is -2.24. The van der Waals surface area contributed by atoms with Gasteiger partial charge in [0, 0.05) is 0 Å². The molecular weight excluding hydrogens is 286 g/mol. The maximum atomic E-state index is 8.90. The first-order valence-electron chi connectivity index (χ1n) is 7.93. The number of nitriles is 1. The molecule has 0 aromatic heterocycles. The molecule has 0 aliphatic heterocycles. The number of nitrogens with zero attached hydrogens (tertiary/aromatic N) is 2. The van der Waals surface area contributed by atoms with Crippen molar-refractivity contribution in [1.82, 2.24) is 5.32 Å². The second kappa shape index (κ2) is 7.46. The van der Waals surface area contributed by atoms with E-state index in [1.54, 1.807) is 0 Å². The van der Waals surface area contributed by atoms with Crippen LogP contribution >= 0.6 is 0 Å². The molecular formula is C19H19N3O. The van der Waals surface area contributed by atoms with Crippen molar-refractivity contribution in [2.45, 2.75) is 32.1 Å². The van der Waals surface area contributed by atoms with Crippen molar-refractivity contribution in [2.75, 3.05) is 0 Å². The lowest BCUT2D eigenvalue weighted by molar-refractivity contribution is 0.531. The lowest BCUT2D eigenvalue weighted by Gasteiger charge is -2.09. The van der Waals surface area contributed by atoms with Crippen molar-refractivity contribution < 1.29 is 4.74 Å². The van der Waals surface area contributed by atoms with Gasteiger partial charge in [0.2, 0.25) is 0 Å². The molecule has 0 radical (unpaired) electrons. The molecule has 0 atom stereocenters. The highest BCUT2D eigenvalue weighted by atomic mass is 16.5. The third kappa shape index (κ3) is 4.10. The molecule has 0 saturated heterocycles. The first-order chi connectivity index (χ1) is 11.3. The van der Waals surface area contributed by atoms with E-state index < -0.39 is 0 Å². The minimum Gasteiger partial charge on any atom is -0.425 e. The van der Waals surface area contributed by atoms with Gasteiger partial charge < -0.3 is 4.74 Å². The van der Waals surface area contributed by atoms with Crippen molar-refractivity contribution in [3.63, 3.8) is 0 Å². The van der Waals surface area contributed by atoms with Crippen LogP contribution in [0, 0.1) is 11.5 Å². The van der Waals surface area contributed by atoms with Gasteiger partial charge in [0.15, 0.2) is 6.19 Å². The Bertz CT molecular complexity index is 732. The van der Waals surface area contributed by atoms with Crippen LogP contribution < -0.4 is 10.1 Å². The van der Waals surface area contributed by atoms with Crippen LogP contribution in [0.3, 0.4) is 0 Å². The summed E-state index contributed by atoms with van der Waals surface area (Å²) in [7, 11) is 0. The van der Waals surface area contributed by atoms with Crippen molar-refractivity contribution >= 4 is 11.7 Å². The molecule has 0 amide bonds. The van der Waals surface area contributed by atoms with E-state index in [0.717, 1.165) is 18.5 Å². The predicted molar refractivity (Wildman–Crippen MR) is 90.6 cm³/mol. The van der Waals surface area contributed by atoms with Gasteiger partial charge in [-0.15, -0.1) is 0 Å². The molecule has 0 fully saturated rings. The van der Waals surface area contributed by atoms with Crippen molar-refractivity contribution in [3.8, 4) is 11.9 Å². The molecule has 0 saturated carbocycles. The molecule has 2 aromatic carbocycles. The number of hydrogen-bond acceptors (Lipinski definition) is 3. The van der Waals surface area contributed by atoms with Crippen LogP contribution in [0.1, 0.15) is 30.4 Å². The minimum atomic E-state index is 0.187. The second-order valence-electron chi connectivity index (χ2n) is 5.58. The highest BCUT2D eigenvalue weighted by Crippen LogP contribution is 2.25. The van der Waals surface area contributed by atoms with E-state index in [2.05, 4.69) is 22.4 Å². The zero-order chi connectivity index (χ0) is 15.9. The maximum absolute atomic E-state index is 8.90. The lowest BCUT2D eigenvalue weighted by atomic mass is 10.0. The van der Waals surface area contributed by atoms with Gasteiger partial charge in [-0.2, -0.15) is 10.3 Å². The normalized spacial score (nSPS) is 14.3. The molecule has 1 aliphatic rings. The quantitative estimate of drug-likeness (QED) is 0.299. The van der Waals surface area contributed by atoms with Gasteiger partial charge in [0.25, 0.3) is 0 Å². The van der Waals surface area contributed by atoms with Crippen molar-refractivity contribution in [3.05, 3.63) is 59.7 Å². The van der Waals surface area contributed by atoms with E-state index in [0.29, 0.717) is 5.75 Å². The van der Waals surface area contributed by atoms with E-state index >= 15 is 0 Å². The number of benzene rings is 2. The van der Waals surface area contributed by atoms with E-state index in [-0.39, 0.29) is 6.02 Å². The van der Waals surface area contributed by atoms with Gasteiger partial charge in [-0.25, -0.2) is 5.32 Å². The fraction of sp³-hybridized carbons (Fsp3) is 0.263. The fourth-order valence-corrected chi connectivity index (χ4v) is 2.81. The van der Waals surface area contributed by atoms with Gasteiger partial charge in [-0.05, 0) is 61.1 Å². The number of aliphatic imine (C=N–C) groups is 1. The summed E-state index contributed by atoms with van der Waals surface area (Å²) in [5.74, 6) is 0.642. The fourth-order valence-electron chi connectivity index (χ4n) is 2.81. The molecule has 0 unspecified atom stereocenters. The summed E-state index contributed by atoms with van der Waals surface area (Å²) in [6.07, 6.45) is 7.88. The van der Waals surface area contributed by atoms with Crippen molar-refractivity contribution in [2.24, 2.45) is 4.99 Å². The Kier molecular flexibility index (Phi) is 4.90. The van der Waals surface area contributed by atoms with Crippen LogP contribution in [0.2, 0.25) is 0 Å². The van der Waals surface area contributed by atoms with Gasteiger partial charge in [0.1, 0.15) is 5.75 Å². The van der Waals surface area contributed by atoms with Crippen LogP contribution in [0.15, 0.2) is 53.5 Å². The molecule has 4 nitrogen and oxygen atoms in total. The average molecular weight is 305 g/mol. The van der Waals surface area contributed by atoms with E-state index in [9.17, 15) is 0 Å². The highest BCUT2D eigenvalue weighted by Gasteiger charge is 2.09. The van der Waals surface area contributed by atoms with E-state index in [1.165, 1.54) is 30.4 Å². The largest absolute Gasteiger partial charge is 0.425 e. The monoisotopic (exact) mass is 305 g/mol. The molecule has 116 valence electrons. The van der Waals surface area contributed by atoms with Gasteiger partial charge in [-0.3, -0.25) is 0 Å². The second-order valence-corrected chi connectivity index (χ2v) is 5.58. The number of nitrogens with one attached hydrogen (secondary N) is 1. The number of ether oxygens (including phenoxy) is 1. The number of hydrogen-bond donors (Lipinski definition) is 1. The van der Waals surface area contributed by atoms with Crippen LogP contribution in [0.4, 0.5) is 5.69 Å². The Morgan fingerprint density at radius 3 is 2.57 bits per heavy atom. The van der Waals surface area contributed by atoms with Crippen LogP contribution in [-0.2, 0) is 12.8 Å². The van der Waals surface area contributed by atoms with E-state index in [4.69, 9.17) is 10.00 Å². The number of aryl methyl sites for hydroxylation is 2. The number of amidine groups is 1. The standard InChI is InChI=1S/C19H19N3O/c20-14-21-19(23-18-9-5-2-6-10-18)22-17-12-11-15-7-3-1-4-8-16(15)13-17/h2,5-6,9-13H,1,3-4,7-8H2,(H,21,22). The Labute approximate surface area is 136 Å². The summed E-state index contributed by atoms with van der Waals surface area (Å²) in [5, 5.41) is 11.4. The predicted octanol–water partition coefficient (Wildman–Crippen LogP) is 4.09. The summed E-state index contributed by atoms with van der Waals surface area (Å²) in [6.45, 7) is 0. The zero-order valence-corrected chi connectivity index (χ0v) is 13.0. The summed E-state index contributed by atoms with van der Waals surface area (Å²) in [5.41, 5.74) is 3.58. The zero-order valence-electron chi connectivity index (χ0n) is 13.0. The average Bonchev–Trinajstić information content (AvgIpc) is 2.81. The summed E-state index contributed by atoms with van der Waals surface area (Å²) >= 11 is 0. The third-order valence-corrected chi connectivity index (χ3v) is 3.93. The van der Waals surface area contributed by atoms with Crippen LogP contribution in [0.5, 0.6) is 5.75 Å². The minimum absolute atomic E-state index is 0.187. The Morgan fingerprint density at radius 2 is 1.78 bits per heavy atom. The number of rotatable bonds is 2. The summed E-state index contributed by atoms with van der Waals surface area (Å²) in [6, 6.07) is 15.7. The summed E-state index contributed by atoms with van der Waals surface area (Å²) in [4.78, 5) is 4.44. The number of para-hydroxylation sites is 1. The first-order valence-corrected chi connectivity index (χ1v) is 7.93. The maximum Gasteiger partial charge on any atom is 0.309 e. The molecule has 2 aromatic rings. The van der Waals surface area contributed by atoms with Gasteiger partial charge in [-0.1, -0.05) is 30.7 Å². The molecule has 1 N–H and O–H groups in total. The summed E-state index contributed by atoms with van der Waals surface area (Å²) < 4.78 is 5.64. The first kappa shape index (κ1) is 15.1. The van der Waals surface area contributed by atoms with Crippen molar-refractivity contribution in [1.29, 1.82) is 5.26 Å². The number of fused-ring (bicyclic) bond motifs is 1. The molecule has 0 heterocycles. The molecule has 3 rings (SSSR count). The van der Waals surface area contributed by atoms with E-state index in [1.807, 2.05) is 42.6 Å². The molecule has 4 heteroatoms.